The average Bonchev–Trinajstić information content (AvgIpc) is 2.20. The number of nitrogens with zero attached hydrogens (tertiary/aromatic N) is 2. The molecule has 5 nitrogen and oxygen atoms in total. The molecule has 2 atom stereocenters. The molecule has 0 amide bonds. The number of nitrogens with two attached hydrogens (primary N) is 1. The van der Waals surface area contributed by atoms with Crippen molar-refractivity contribution in [2.75, 3.05) is 5.73 Å². The maximum Gasteiger partial charge on any atom is 0.236 e. The number of rotatable bonds is 2. The van der Waals surface area contributed by atoms with Crippen LogP contribution in [0.1, 0.15) is 11.7 Å². The summed E-state index contributed by atoms with van der Waals surface area (Å²) in [5.74, 6) is -0.854. The highest BCUT2D eigenvalue weighted by Gasteiger charge is 2.18. The minimum atomic E-state index is -1.58. The molecule has 1 aromatic rings. The number of anilines is 1. The summed E-state index contributed by atoms with van der Waals surface area (Å²) in [6.07, 6.45) is -2.01. The highest BCUT2D eigenvalue weighted by Crippen LogP contribution is 2.19. The van der Waals surface area contributed by atoms with Gasteiger partial charge in [0.2, 0.25) is 5.95 Å². The van der Waals surface area contributed by atoms with E-state index in [9.17, 15) is 9.50 Å². The fraction of sp³-hybridized carbons (Fsp3) is 0.250. The van der Waals surface area contributed by atoms with E-state index in [2.05, 4.69) is 4.98 Å². The van der Waals surface area contributed by atoms with Gasteiger partial charge in [-0.2, -0.15) is 9.65 Å². The van der Waals surface area contributed by atoms with Crippen molar-refractivity contribution in [3.63, 3.8) is 0 Å². The Bertz CT molecular complexity index is 377. The van der Waals surface area contributed by atoms with E-state index < -0.39 is 18.2 Å². The minimum absolute atomic E-state index is 0.0953. The number of nitrogen functional groups attached to an aromatic ring is 1. The van der Waals surface area contributed by atoms with E-state index in [1.54, 1.807) is 0 Å². The van der Waals surface area contributed by atoms with Crippen LogP contribution in [0.3, 0.4) is 0 Å². The second-order valence-electron chi connectivity index (χ2n) is 2.67. The molecule has 1 heterocycles. The van der Waals surface area contributed by atoms with Crippen molar-refractivity contribution < 1.29 is 14.6 Å². The summed E-state index contributed by atoms with van der Waals surface area (Å²) < 4.78 is 12.6. The second-order valence-corrected chi connectivity index (χ2v) is 2.67. The second kappa shape index (κ2) is 4.00. The lowest BCUT2D eigenvalue weighted by atomic mass is 10.1. The average molecular weight is 197 g/mol. The van der Waals surface area contributed by atoms with Gasteiger partial charge in [0.1, 0.15) is 6.10 Å². The molecule has 0 radical (unpaired) electrons. The van der Waals surface area contributed by atoms with Crippen molar-refractivity contribution in [2.24, 2.45) is 0 Å². The molecule has 0 aliphatic heterocycles. The largest absolute Gasteiger partial charge is 0.395 e. The molecule has 0 aliphatic rings. The first-order valence-electron chi connectivity index (χ1n) is 3.73. The maximum atomic E-state index is 12.6. The van der Waals surface area contributed by atoms with Crippen LogP contribution in [-0.4, -0.2) is 21.3 Å². The normalized spacial score (nSPS) is 14.4. The van der Waals surface area contributed by atoms with Crippen LogP contribution < -0.4 is 5.73 Å². The SMILES string of the molecule is N#CC(O)C(O)c1cnc(F)c(N)c1. The Morgan fingerprint density at radius 1 is 1.57 bits per heavy atom. The van der Waals surface area contributed by atoms with E-state index in [1.165, 1.54) is 6.07 Å². The standard InChI is InChI=1S/C8H8FN3O2/c9-8-5(11)1-4(3-12-8)7(14)6(13)2-10/h1,3,6-7,13-14H,11H2. The van der Waals surface area contributed by atoms with Gasteiger partial charge in [0.25, 0.3) is 0 Å². The van der Waals surface area contributed by atoms with E-state index in [1.807, 2.05) is 0 Å². The Hall–Kier alpha value is -1.71. The van der Waals surface area contributed by atoms with Gasteiger partial charge in [0.05, 0.1) is 11.8 Å². The van der Waals surface area contributed by atoms with Gasteiger partial charge in [-0.25, -0.2) is 4.98 Å². The number of pyridine rings is 1. The van der Waals surface area contributed by atoms with Gasteiger partial charge < -0.3 is 15.9 Å². The molecule has 0 saturated carbocycles. The first kappa shape index (κ1) is 10.4. The fourth-order valence-corrected chi connectivity index (χ4v) is 0.897. The molecule has 6 heteroatoms. The van der Waals surface area contributed by atoms with Crippen LogP contribution in [0.2, 0.25) is 0 Å². The minimum Gasteiger partial charge on any atom is -0.395 e. The highest BCUT2D eigenvalue weighted by molar-refractivity contribution is 5.39. The zero-order valence-corrected chi connectivity index (χ0v) is 7.05. The number of aromatic nitrogens is 1. The lowest BCUT2D eigenvalue weighted by Crippen LogP contribution is -2.16. The van der Waals surface area contributed by atoms with Crippen molar-refractivity contribution >= 4 is 5.69 Å². The third kappa shape index (κ3) is 1.96. The first-order chi connectivity index (χ1) is 6.56. The van der Waals surface area contributed by atoms with Crippen LogP contribution in [0.15, 0.2) is 12.3 Å². The summed E-state index contributed by atoms with van der Waals surface area (Å²) in [4.78, 5) is 3.24. The Labute approximate surface area is 79.2 Å². The third-order valence-electron chi connectivity index (χ3n) is 1.66. The Morgan fingerprint density at radius 2 is 2.21 bits per heavy atom. The summed E-state index contributed by atoms with van der Waals surface area (Å²) in [6.45, 7) is 0. The molecular weight excluding hydrogens is 189 g/mol. The predicted molar refractivity (Wildman–Crippen MR) is 45.2 cm³/mol. The molecule has 0 fully saturated rings. The topological polar surface area (TPSA) is 103 Å². The van der Waals surface area contributed by atoms with E-state index >= 15 is 0 Å². The number of aliphatic hydroxyl groups excluding tert-OH is 2. The van der Waals surface area contributed by atoms with E-state index in [-0.39, 0.29) is 11.3 Å². The summed E-state index contributed by atoms with van der Waals surface area (Å²) in [5.41, 5.74) is 5.04. The molecule has 0 aliphatic carbocycles. The predicted octanol–water partition coefficient (Wildman–Crippen LogP) is -0.279. The molecule has 2 unspecified atom stereocenters. The smallest absolute Gasteiger partial charge is 0.236 e. The summed E-state index contributed by atoms with van der Waals surface area (Å²) >= 11 is 0. The highest BCUT2D eigenvalue weighted by atomic mass is 19.1. The van der Waals surface area contributed by atoms with Gasteiger partial charge in [-0.05, 0) is 6.07 Å². The van der Waals surface area contributed by atoms with Crippen LogP contribution >= 0.6 is 0 Å². The van der Waals surface area contributed by atoms with Crippen LogP contribution in [0.5, 0.6) is 0 Å². The molecule has 0 spiro atoms. The zero-order valence-electron chi connectivity index (χ0n) is 7.05. The molecule has 1 aromatic heterocycles. The number of hydrogen-bond acceptors (Lipinski definition) is 5. The first-order valence-corrected chi connectivity index (χ1v) is 3.73. The van der Waals surface area contributed by atoms with Crippen LogP contribution in [0, 0.1) is 17.3 Å². The molecule has 4 N–H and O–H groups in total. The van der Waals surface area contributed by atoms with E-state index in [0.29, 0.717) is 0 Å². The van der Waals surface area contributed by atoms with Crippen molar-refractivity contribution in [1.82, 2.24) is 4.98 Å². The zero-order chi connectivity index (χ0) is 10.7. The van der Waals surface area contributed by atoms with Gasteiger partial charge in [0.15, 0.2) is 6.10 Å². The third-order valence-corrected chi connectivity index (χ3v) is 1.66. The van der Waals surface area contributed by atoms with Gasteiger partial charge >= 0.3 is 0 Å². The Balaban J connectivity index is 2.98. The molecule has 74 valence electrons. The molecule has 1 rings (SSSR count). The number of nitriles is 1. The Kier molecular flexibility index (Phi) is 2.96. The van der Waals surface area contributed by atoms with Gasteiger partial charge in [0, 0.05) is 11.8 Å². The summed E-state index contributed by atoms with van der Waals surface area (Å²) in [5, 5.41) is 26.6. The van der Waals surface area contributed by atoms with Gasteiger partial charge in [-0.15, -0.1) is 0 Å². The Morgan fingerprint density at radius 3 is 2.71 bits per heavy atom. The quantitative estimate of drug-likeness (QED) is 0.447. The lowest BCUT2D eigenvalue weighted by Gasteiger charge is -2.11. The van der Waals surface area contributed by atoms with Crippen molar-refractivity contribution in [1.29, 1.82) is 5.26 Å². The van der Waals surface area contributed by atoms with E-state index in [0.717, 1.165) is 12.3 Å². The van der Waals surface area contributed by atoms with Crippen LogP contribution in [0.4, 0.5) is 10.1 Å². The number of aliphatic hydroxyl groups is 2. The van der Waals surface area contributed by atoms with Gasteiger partial charge in [-0.1, -0.05) is 0 Å². The van der Waals surface area contributed by atoms with Crippen LogP contribution in [0.25, 0.3) is 0 Å². The summed E-state index contributed by atoms with van der Waals surface area (Å²) in [6, 6.07) is 2.56. The lowest BCUT2D eigenvalue weighted by molar-refractivity contribution is 0.0525. The van der Waals surface area contributed by atoms with E-state index in [4.69, 9.17) is 16.1 Å². The van der Waals surface area contributed by atoms with Gasteiger partial charge in [-0.3, -0.25) is 0 Å². The maximum absolute atomic E-state index is 12.6. The monoisotopic (exact) mass is 197 g/mol. The molecule has 0 bridgehead atoms. The molecule has 0 aromatic carbocycles. The number of hydrogen-bond donors (Lipinski definition) is 3. The molecule has 0 saturated heterocycles. The fourth-order valence-electron chi connectivity index (χ4n) is 0.897. The summed E-state index contributed by atoms with van der Waals surface area (Å²) in [7, 11) is 0. The molecular formula is C8H8FN3O2. The van der Waals surface area contributed by atoms with Crippen molar-refractivity contribution in [2.45, 2.75) is 12.2 Å². The van der Waals surface area contributed by atoms with Crippen LogP contribution in [-0.2, 0) is 0 Å². The van der Waals surface area contributed by atoms with Crippen molar-refractivity contribution in [3.05, 3.63) is 23.8 Å². The molecule has 14 heavy (non-hydrogen) atoms. The van der Waals surface area contributed by atoms with Crippen molar-refractivity contribution in [3.8, 4) is 6.07 Å². The number of halogens is 1.